The Morgan fingerprint density at radius 1 is 1.18 bits per heavy atom. The third-order valence-corrected chi connectivity index (χ3v) is 8.16. The van der Waals surface area contributed by atoms with Gasteiger partial charge in [-0.3, -0.25) is 9.79 Å². The van der Waals surface area contributed by atoms with Crippen LogP contribution in [0.2, 0.25) is 0 Å². The second-order valence-corrected chi connectivity index (χ2v) is 10.5. The van der Waals surface area contributed by atoms with Crippen LogP contribution in [-0.4, -0.2) is 54.6 Å². The summed E-state index contributed by atoms with van der Waals surface area (Å²) in [6.45, 7) is 8.58. The highest BCUT2D eigenvalue weighted by atomic mass is 19.4. The van der Waals surface area contributed by atoms with E-state index in [-0.39, 0.29) is 23.4 Å². The van der Waals surface area contributed by atoms with Crippen LogP contribution in [0.15, 0.2) is 23.2 Å². The first-order valence-corrected chi connectivity index (χ1v) is 12.5. The van der Waals surface area contributed by atoms with Gasteiger partial charge in [-0.25, -0.2) is 0 Å². The van der Waals surface area contributed by atoms with E-state index >= 15 is 0 Å². The van der Waals surface area contributed by atoms with Crippen LogP contribution >= 0.6 is 0 Å². The molecule has 0 saturated carbocycles. The number of allylic oxidation sites excluding steroid dienone is 1. The fourth-order valence-corrected chi connectivity index (χ4v) is 6.57. The third-order valence-electron chi connectivity index (χ3n) is 8.16. The van der Waals surface area contributed by atoms with Gasteiger partial charge in [0.2, 0.25) is 5.91 Å². The summed E-state index contributed by atoms with van der Waals surface area (Å²) in [5, 5.41) is 0. The minimum absolute atomic E-state index is 0.0321. The van der Waals surface area contributed by atoms with Crippen LogP contribution in [0.25, 0.3) is 6.08 Å². The molecule has 4 atom stereocenters. The van der Waals surface area contributed by atoms with Gasteiger partial charge in [0.25, 0.3) is 0 Å². The number of hydrogen-bond acceptors (Lipinski definition) is 3. The maximum absolute atomic E-state index is 13.6. The predicted molar refractivity (Wildman–Crippen MR) is 130 cm³/mol. The van der Waals surface area contributed by atoms with Crippen molar-refractivity contribution in [3.05, 3.63) is 34.9 Å². The number of carbonyl (C=O) groups excluding carboxylic acids is 1. The van der Waals surface area contributed by atoms with Crippen LogP contribution in [0.3, 0.4) is 0 Å². The molecule has 1 amide bonds. The summed E-state index contributed by atoms with van der Waals surface area (Å²) in [6, 6.07) is 3.90. The van der Waals surface area contributed by atoms with Gasteiger partial charge in [-0.15, -0.1) is 0 Å². The van der Waals surface area contributed by atoms with Crippen molar-refractivity contribution in [2.24, 2.45) is 16.8 Å². The zero-order valence-corrected chi connectivity index (χ0v) is 20.4. The molecule has 1 aromatic carbocycles. The second kappa shape index (κ2) is 9.84. The monoisotopic (exact) mass is 475 g/mol. The highest BCUT2D eigenvalue weighted by Crippen LogP contribution is 2.44. The number of piperidine rings is 2. The van der Waals surface area contributed by atoms with E-state index in [4.69, 9.17) is 0 Å². The number of fused-ring (bicyclic) bond motifs is 2. The normalized spacial score (nSPS) is 30.2. The van der Waals surface area contributed by atoms with Crippen LogP contribution in [0.4, 0.5) is 18.9 Å². The molecular weight excluding hydrogens is 439 g/mol. The molecule has 3 aliphatic rings. The molecule has 0 aliphatic carbocycles. The van der Waals surface area contributed by atoms with Gasteiger partial charge in [-0.05, 0) is 76.3 Å². The fourth-order valence-electron chi connectivity index (χ4n) is 6.57. The summed E-state index contributed by atoms with van der Waals surface area (Å²) < 4.78 is 40.8. The summed E-state index contributed by atoms with van der Waals surface area (Å²) in [5.74, 6) is 0.859. The van der Waals surface area contributed by atoms with E-state index in [9.17, 15) is 18.0 Å². The van der Waals surface area contributed by atoms with Gasteiger partial charge in [0.15, 0.2) is 0 Å². The summed E-state index contributed by atoms with van der Waals surface area (Å²) in [5.41, 5.74) is 0.384. The SMILES string of the molecule is C=Nc1c(C(F)(F)F)ccc(C2CC(C)CN(C(=O)CC3CC4CCC(C3)N4C)C2)c1/C=C\C. The number of aliphatic imine (C=N–C) groups is 1. The van der Waals surface area contributed by atoms with E-state index in [1.807, 2.05) is 4.90 Å². The van der Waals surface area contributed by atoms with Gasteiger partial charge in [-0.2, -0.15) is 13.2 Å². The van der Waals surface area contributed by atoms with Crippen molar-refractivity contribution < 1.29 is 18.0 Å². The molecule has 0 radical (unpaired) electrons. The van der Waals surface area contributed by atoms with E-state index in [1.54, 1.807) is 25.1 Å². The smallest absolute Gasteiger partial charge is 0.342 e. The van der Waals surface area contributed by atoms with E-state index in [0.29, 0.717) is 43.1 Å². The number of nitrogens with zero attached hydrogens (tertiary/aromatic N) is 3. The van der Waals surface area contributed by atoms with Crippen molar-refractivity contribution in [1.29, 1.82) is 0 Å². The van der Waals surface area contributed by atoms with Crippen molar-refractivity contribution in [3.8, 4) is 0 Å². The van der Waals surface area contributed by atoms with Gasteiger partial charge in [0.05, 0.1) is 11.3 Å². The lowest BCUT2D eigenvalue weighted by molar-refractivity contribution is -0.137. The molecule has 0 aromatic heterocycles. The zero-order valence-electron chi connectivity index (χ0n) is 20.4. The van der Waals surface area contributed by atoms with E-state index in [2.05, 4.69) is 30.6 Å². The first kappa shape index (κ1) is 25.0. The molecule has 3 saturated heterocycles. The van der Waals surface area contributed by atoms with Crippen LogP contribution in [0.5, 0.6) is 0 Å². The Labute approximate surface area is 200 Å². The zero-order chi connectivity index (χ0) is 24.6. The van der Waals surface area contributed by atoms with Gasteiger partial charge in [0.1, 0.15) is 0 Å². The van der Waals surface area contributed by atoms with Gasteiger partial charge in [0, 0.05) is 43.1 Å². The molecule has 0 N–H and O–H groups in total. The molecule has 4 nitrogen and oxygen atoms in total. The summed E-state index contributed by atoms with van der Waals surface area (Å²) in [4.78, 5) is 21.6. The number of likely N-dealkylation sites (tertiary alicyclic amines) is 1. The standard InChI is InChI=1S/C27H36F3N3O/c1-5-6-23-22(9-10-24(26(23)31-3)27(28,29)30)19-11-17(2)15-33(16-19)25(34)14-18-12-20-7-8-21(13-18)32(20)4/h5-6,9-10,17-21H,3,7-8,11-16H2,1-2,4H3/b6-5-. The molecule has 1 aromatic rings. The molecule has 0 spiro atoms. The Balaban J connectivity index is 1.55. The number of carbonyl (C=O) groups is 1. The van der Waals surface area contributed by atoms with Crippen molar-refractivity contribution >= 4 is 24.4 Å². The highest BCUT2D eigenvalue weighted by molar-refractivity contribution is 5.77. The lowest BCUT2D eigenvalue weighted by Gasteiger charge is -2.40. The molecular formula is C27H36F3N3O. The molecule has 4 unspecified atom stereocenters. The quantitative estimate of drug-likeness (QED) is 0.470. The van der Waals surface area contributed by atoms with Crippen molar-refractivity contribution in [1.82, 2.24) is 9.80 Å². The summed E-state index contributed by atoms with van der Waals surface area (Å²) >= 11 is 0. The number of hydrogen-bond donors (Lipinski definition) is 0. The van der Waals surface area contributed by atoms with E-state index in [1.165, 1.54) is 12.8 Å². The average Bonchev–Trinajstić information content (AvgIpc) is 2.98. The van der Waals surface area contributed by atoms with Crippen LogP contribution in [-0.2, 0) is 11.0 Å². The molecule has 7 heteroatoms. The first-order valence-electron chi connectivity index (χ1n) is 12.5. The number of amides is 1. The fraction of sp³-hybridized carbons (Fsp3) is 0.630. The Kier molecular flexibility index (Phi) is 7.22. The number of rotatable bonds is 5. The molecule has 3 aliphatic heterocycles. The van der Waals surface area contributed by atoms with Crippen molar-refractivity contribution in [2.75, 3.05) is 20.1 Å². The molecule has 3 heterocycles. The van der Waals surface area contributed by atoms with Gasteiger partial charge < -0.3 is 9.80 Å². The average molecular weight is 476 g/mol. The van der Waals surface area contributed by atoms with E-state index < -0.39 is 11.7 Å². The lowest BCUT2D eigenvalue weighted by Crippen LogP contribution is -2.45. The minimum Gasteiger partial charge on any atom is -0.342 e. The Morgan fingerprint density at radius 3 is 2.44 bits per heavy atom. The topological polar surface area (TPSA) is 35.9 Å². The summed E-state index contributed by atoms with van der Waals surface area (Å²) in [6.07, 6.45) is 4.97. The maximum atomic E-state index is 13.6. The largest absolute Gasteiger partial charge is 0.418 e. The highest BCUT2D eigenvalue weighted by Gasteiger charge is 2.40. The lowest BCUT2D eigenvalue weighted by atomic mass is 9.81. The van der Waals surface area contributed by atoms with Gasteiger partial charge >= 0.3 is 6.18 Å². The second-order valence-electron chi connectivity index (χ2n) is 10.5. The van der Waals surface area contributed by atoms with Crippen LogP contribution < -0.4 is 0 Å². The summed E-state index contributed by atoms with van der Waals surface area (Å²) in [7, 11) is 2.20. The Bertz CT molecular complexity index is 943. The van der Waals surface area contributed by atoms with Crippen molar-refractivity contribution in [3.63, 3.8) is 0 Å². The van der Waals surface area contributed by atoms with Crippen LogP contribution in [0.1, 0.15) is 75.0 Å². The predicted octanol–water partition coefficient (Wildman–Crippen LogP) is 6.29. The third kappa shape index (κ3) is 4.95. The number of alkyl halides is 3. The molecule has 34 heavy (non-hydrogen) atoms. The van der Waals surface area contributed by atoms with E-state index in [0.717, 1.165) is 30.9 Å². The Morgan fingerprint density at radius 2 is 1.85 bits per heavy atom. The first-order chi connectivity index (χ1) is 16.1. The molecule has 186 valence electrons. The maximum Gasteiger partial charge on any atom is 0.418 e. The Hall–Kier alpha value is -2.15. The number of benzene rings is 1. The van der Waals surface area contributed by atoms with Crippen LogP contribution in [0, 0.1) is 11.8 Å². The van der Waals surface area contributed by atoms with Gasteiger partial charge in [-0.1, -0.05) is 25.1 Å². The molecule has 4 rings (SSSR count). The molecule has 3 fully saturated rings. The molecule has 2 bridgehead atoms. The van der Waals surface area contributed by atoms with Crippen molar-refractivity contribution in [2.45, 2.75) is 76.6 Å². The minimum atomic E-state index is -4.50. The number of halogens is 3.